The molecule has 0 aliphatic rings. The normalized spacial score (nSPS) is 13.4. The minimum absolute atomic E-state index is 0.289. The first-order chi connectivity index (χ1) is 7.21. The van der Waals surface area contributed by atoms with E-state index >= 15 is 0 Å². The van der Waals surface area contributed by atoms with Crippen molar-refractivity contribution in [3.8, 4) is 0 Å². The topological polar surface area (TPSA) is 38.0 Å². The van der Waals surface area contributed by atoms with Crippen LogP contribution in [0.15, 0.2) is 15.2 Å². The predicted molar refractivity (Wildman–Crippen MR) is 70.8 cm³/mol. The first kappa shape index (κ1) is 13.2. The molecule has 0 saturated heterocycles. The number of hydrogen-bond donors (Lipinski definition) is 2. The van der Waals surface area contributed by atoms with Crippen molar-refractivity contribution in [1.29, 1.82) is 0 Å². The maximum absolute atomic E-state index is 5.61. The molecule has 3 N–H and O–H groups in total. The van der Waals surface area contributed by atoms with Gasteiger partial charge in [-0.1, -0.05) is 26.7 Å². The zero-order valence-corrected chi connectivity index (χ0v) is 11.7. The molecule has 0 spiro atoms. The monoisotopic (exact) mass is 290 g/mol. The fourth-order valence-corrected chi connectivity index (χ4v) is 2.99. The minimum atomic E-state index is 0.289. The largest absolute Gasteiger partial charge is 0.271 e. The lowest BCUT2D eigenvalue weighted by Crippen LogP contribution is -2.29. The van der Waals surface area contributed by atoms with Crippen LogP contribution in [0.1, 0.15) is 44.7 Å². The number of nitrogens with two attached hydrogens (primary N) is 1. The molecule has 1 unspecified atom stereocenters. The standard InChI is InChI=1S/C11H19BrN2S/c1-3-8(4-2)5-10(14-13)9-6-11(12)15-7-9/h6-8,10,14H,3-5,13H2,1-2H3. The molecule has 1 aromatic heterocycles. The lowest BCUT2D eigenvalue weighted by molar-refractivity contribution is 0.375. The van der Waals surface area contributed by atoms with Gasteiger partial charge in [-0.05, 0) is 45.3 Å². The van der Waals surface area contributed by atoms with Crippen molar-refractivity contribution in [3.05, 3.63) is 20.8 Å². The van der Waals surface area contributed by atoms with Crippen molar-refractivity contribution in [2.24, 2.45) is 11.8 Å². The fourth-order valence-electron chi connectivity index (χ4n) is 1.76. The Morgan fingerprint density at radius 3 is 2.53 bits per heavy atom. The van der Waals surface area contributed by atoms with Gasteiger partial charge in [-0.15, -0.1) is 11.3 Å². The summed E-state index contributed by atoms with van der Waals surface area (Å²) in [5, 5.41) is 2.16. The quantitative estimate of drug-likeness (QED) is 0.617. The summed E-state index contributed by atoms with van der Waals surface area (Å²) in [5.41, 5.74) is 4.21. The molecule has 1 rings (SSSR count). The van der Waals surface area contributed by atoms with Gasteiger partial charge in [0.2, 0.25) is 0 Å². The number of hydrogen-bond acceptors (Lipinski definition) is 3. The summed E-state index contributed by atoms with van der Waals surface area (Å²) < 4.78 is 1.17. The Kier molecular flexibility index (Phi) is 5.82. The molecular weight excluding hydrogens is 272 g/mol. The van der Waals surface area contributed by atoms with Crippen LogP contribution in [0.4, 0.5) is 0 Å². The second-order valence-electron chi connectivity index (χ2n) is 3.82. The number of thiophene rings is 1. The lowest BCUT2D eigenvalue weighted by Gasteiger charge is -2.20. The van der Waals surface area contributed by atoms with Crippen LogP contribution >= 0.6 is 27.3 Å². The van der Waals surface area contributed by atoms with E-state index in [1.54, 1.807) is 11.3 Å². The second-order valence-corrected chi connectivity index (χ2v) is 6.11. The summed E-state index contributed by atoms with van der Waals surface area (Å²) in [6.07, 6.45) is 3.56. The van der Waals surface area contributed by atoms with Gasteiger partial charge in [-0.3, -0.25) is 11.3 Å². The summed E-state index contributed by atoms with van der Waals surface area (Å²) in [7, 11) is 0. The Labute approximate surface area is 104 Å². The summed E-state index contributed by atoms with van der Waals surface area (Å²) in [4.78, 5) is 0. The van der Waals surface area contributed by atoms with Crippen molar-refractivity contribution < 1.29 is 0 Å². The van der Waals surface area contributed by atoms with Crippen molar-refractivity contribution in [3.63, 3.8) is 0 Å². The van der Waals surface area contributed by atoms with Crippen LogP contribution in [0.25, 0.3) is 0 Å². The first-order valence-corrected chi connectivity index (χ1v) is 7.08. The van der Waals surface area contributed by atoms with Crippen LogP contribution in [0, 0.1) is 5.92 Å². The van der Waals surface area contributed by atoms with E-state index in [4.69, 9.17) is 5.84 Å². The molecule has 1 heterocycles. The van der Waals surface area contributed by atoms with Crippen molar-refractivity contribution in [2.75, 3.05) is 0 Å². The average molecular weight is 291 g/mol. The third-order valence-corrected chi connectivity index (χ3v) is 4.44. The van der Waals surface area contributed by atoms with Crippen molar-refractivity contribution >= 4 is 27.3 Å². The fraction of sp³-hybridized carbons (Fsp3) is 0.636. The van der Waals surface area contributed by atoms with Gasteiger partial charge in [0, 0.05) is 6.04 Å². The maximum Gasteiger partial charge on any atom is 0.0701 e. The van der Waals surface area contributed by atoms with Crippen LogP contribution in [0.5, 0.6) is 0 Å². The zero-order chi connectivity index (χ0) is 11.3. The molecular formula is C11H19BrN2S. The number of halogens is 1. The second kappa shape index (κ2) is 6.63. The van der Waals surface area contributed by atoms with E-state index in [-0.39, 0.29) is 6.04 Å². The third-order valence-electron chi connectivity index (χ3n) is 2.92. The van der Waals surface area contributed by atoms with Gasteiger partial charge < -0.3 is 0 Å². The Morgan fingerprint density at radius 2 is 2.13 bits per heavy atom. The van der Waals surface area contributed by atoms with Crippen molar-refractivity contribution in [2.45, 2.75) is 39.2 Å². The Balaban J connectivity index is 2.63. The van der Waals surface area contributed by atoms with E-state index in [2.05, 4.69) is 46.6 Å². The first-order valence-electron chi connectivity index (χ1n) is 5.41. The van der Waals surface area contributed by atoms with Gasteiger partial charge in [-0.2, -0.15) is 0 Å². The molecule has 2 nitrogen and oxygen atoms in total. The van der Waals surface area contributed by atoms with Gasteiger partial charge in [0.25, 0.3) is 0 Å². The highest BCUT2D eigenvalue weighted by Crippen LogP contribution is 2.30. The van der Waals surface area contributed by atoms with E-state index in [1.165, 1.54) is 22.2 Å². The van der Waals surface area contributed by atoms with Crippen LogP contribution < -0.4 is 11.3 Å². The molecule has 86 valence electrons. The minimum Gasteiger partial charge on any atom is -0.271 e. The Hall–Kier alpha value is 0.100. The van der Waals surface area contributed by atoms with E-state index in [0.29, 0.717) is 0 Å². The molecule has 0 aromatic carbocycles. The molecule has 1 aromatic rings. The molecule has 0 radical (unpaired) electrons. The SMILES string of the molecule is CCC(CC)CC(NN)c1csc(Br)c1. The van der Waals surface area contributed by atoms with E-state index in [0.717, 1.165) is 12.3 Å². The maximum atomic E-state index is 5.61. The Bertz CT molecular complexity index is 284. The van der Waals surface area contributed by atoms with Gasteiger partial charge in [-0.25, -0.2) is 0 Å². The highest BCUT2D eigenvalue weighted by molar-refractivity contribution is 9.11. The summed E-state index contributed by atoms with van der Waals surface area (Å²) in [5.74, 6) is 6.37. The molecule has 0 amide bonds. The molecule has 0 fully saturated rings. The number of rotatable bonds is 6. The smallest absolute Gasteiger partial charge is 0.0701 e. The lowest BCUT2D eigenvalue weighted by atomic mass is 9.92. The van der Waals surface area contributed by atoms with E-state index in [9.17, 15) is 0 Å². The summed E-state index contributed by atoms with van der Waals surface area (Å²) in [6.45, 7) is 4.48. The predicted octanol–water partition coefficient (Wildman–Crippen LogP) is 3.84. The molecule has 0 aliphatic heterocycles. The Morgan fingerprint density at radius 1 is 1.47 bits per heavy atom. The highest BCUT2D eigenvalue weighted by Gasteiger charge is 2.15. The molecule has 1 atom stereocenters. The average Bonchev–Trinajstić information content (AvgIpc) is 2.67. The number of hydrazine groups is 1. The highest BCUT2D eigenvalue weighted by atomic mass is 79.9. The van der Waals surface area contributed by atoms with Crippen LogP contribution in [-0.2, 0) is 0 Å². The van der Waals surface area contributed by atoms with Crippen LogP contribution in [0.3, 0.4) is 0 Å². The molecule has 0 aliphatic carbocycles. The summed E-state index contributed by atoms with van der Waals surface area (Å²) >= 11 is 5.19. The van der Waals surface area contributed by atoms with Gasteiger partial charge >= 0.3 is 0 Å². The molecule has 4 heteroatoms. The summed E-state index contributed by atoms with van der Waals surface area (Å²) in [6, 6.07) is 2.44. The van der Waals surface area contributed by atoms with Gasteiger partial charge in [0.15, 0.2) is 0 Å². The van der Waals surface area contributed by atoms with Crippen LogP contribution in [0.2, 0.25) is 0 Å². The molecule has 15 heavy (non-hydrogen) atoms. The third kappa shape index (κ3) is 3.87. The van der Waals surface area contributed by atoms with Crippen molar-refractivity contribution in [1.82, 2.24) is 5.43 Å². The molecule has 0 bridgehead atoms. The molecule has 0 saturated carbocycles. The zero-order valence-electron chi connectivity index (χ0n) is 9.29. The number of nitrogens with one attached hydrogen (secondary N) is 1. The van der Waals surface area contributed by atoms with E-state index < -0.39 is 0 Å². The van der Waals surface area contributed by atoms with E-state index in [1.807, 2.05) is 0 Å². The van der Waals surface area contributed by atoms with Gasteiger partial charge in [0.1, 0.15) is 0 Å². The van der Waals surface area contributed by atoms with Crippen LogP contribution in [-0.4, -0.2) is 0 Å². The van der Waals surface area contributed by atoms with Gasteiger partial charge in [0.05, 0.1) is 3.79 Å².